The SMILES string of the molecule is CCCc1ccccc1OC(C(=O)NS(=O)(=O)c1ccc(C(C)C)cc1)c1ccc2c(c1)OCO2.COc1ccc([C@@H]2c3nc(CC(C)C)ccc3[C@H](c3ccc4c(c3)OC(C)(F)O4)[C@H]2C(=O)O)c(CC(C)C(=O)O)c1.Cc1ccc(C2=C(C(=O)O)C(c3ccc4c(c3)OCO4)Oc3ccc(OC(C)C)cc32)s1. The van der Waals surface area contributed by atoms with E-state index in [9.17, 15) is 47.3 Å². The summed E-state index contributed by atoms with van der Waals surface area (Å²) in [5, 5.41) is 30.7. The average Bonchev–Trinajstić information content (AvgIpc) is 1.49. The molecule has 0 spiro atoms. The number of hydrogen-bond acceptors (Lipinski definition) is 18. The highest BCUT2D eigenvalue weighted by Crippen LogP contribution is 2.55. The summed E-state index contributed by atoms with van der Waals surface area (Å²) in [6, 6.07) is 45.7. The maximum Gasteiger partial charge on any atom is 0.404 e. The zero-order chi connectivity index (χ0) is 77.0. The summed E-state index contributed by atoms with van der Waals surface area (Å²) in [4.78, 5) is 57.9. The summed E-state index contributed by atoms with van der Waals surface area (Å²) in [6.07, 6.45) is 0.515. The fourth-order valence-electron chi connectivity index (χ4n) is 13.9. The molecule has 4 N–H and O–H groups in total. The number of aromatic nitrogens is 1. The largest absolute Gasteiger partial charge is 0.497 e. The number of methoxy groups -OCH3 is 1. The number of pyridine rings is 1. The lowest BCUT2D eigenvalue weighted by atomic mass is 9.78. The molecule has 5 aliphatic rings. The number of alkyl halides is 1. The molecule has 0 bridgehead atoms. The van der Waals surface area contributed by atoms with E-state index in [0.29, 0.717) is 103 Å². The van der Waals surface area contributed by atoms with Gasteiger partial charge in [-0.3, -0.25) is 19.4 Å². The number of rotatable bonds is 23. The van der Waals surface area contributed by atoms with Gasteiger partial charge in [0.15, 0.2) is 40.6 Å². The Balaban J connectivity index is 0.000000152. The molecule has 7 aromatic carbocycles. The third-order valence-electron chi connectivity index (χ3n) is 18.9. The Kier molecular flexibility index (Phi) is 22.8. The number of aryl methyl sites for hydroxylation is 2. The van der Waals surface area contributed by atoms with Gasteiger partial charge in [-0.25, -0.2) is 17.9 Å². The van der Waals surface area contributed by atoms with Gasteiger partial charge in [0.25, 0.3) is 15.9 Å². The number of amides is 1. The van der Waals surface area contributed by atoms with Crippen LogP contribution in [0.4, 0.5) is 4.39 Å². The van der Waals surface area contributed by atoms with Crippen LogP contribution >= 0.6 is 11.3 Å². The third-order valence-corrected chi connectivity index (χ3v) is 21.2. The first-order chi connectivity index (χ1) is 51.6. The Morgan fingerprint density at radius 3 is 1.95 bits per heavy atom. The van der Waals surface area contributed by atoms with Gasteiger partial charge in [0, 0.05) is 56.5 Å². The van der Waals surface area contributed by atoms with Crippen molar-refractivity contribution in [3.63, 3.8) is 0 Å². The molecule has 2 aromatic heterocycles. The number of carbonyl (C=O) groups is 4. The van der Waals surface area contributed by atoms with E-state index in [0.717, 1.165) is 51.9 Å². The molecule has 1 aliphatic carbocycles. The Morgan fingerprint density at radius 1 is 0.657 bits per heavy atom. The average molecular weight is 1510 g/mol. The van der Waals surface area contributed by atoms with E-state index in [4.69, 9.17) is 52.4 Å². The maximum absolute atomic E-state index is 14.5. The minimum absolute atomic E-state index is 0.00528. The Hall–Kier alpha value is -11.1. The zero-order valence-electron chi connectivity index (χ0n) is 61.5. The van der Waals surface area contributed by atoms with Gasteiger partial charge in [0.2, 0.25) is 19.7 Å². The number of thiophene rings is 1. The van der Waals surface area contributed by atoms with Gasteiger partial charge in [0.1, 0.15) is 23.0 Å². The van der Waals surface area contributed by atoms with Crippen molar-refractivity contribution in [2.24, 2.45) is 17.8 Å². The van der Waals surface area contributed by atoms with Gasteiger partial charge in [0.05, 0.1) is 41.2 Å². The third kappa shape index (κ3) is 16.8. The highest BCUT2D eigenvalue weighted by atomic mass is 32.2. The van der Waals surface area contributed by atoms with Crippen LogP contribution in [0.15, 0.2) is 174 Å². The van der Waals surface area contributed by atoms with Crippen molar-refractivity contribution >= 4 is 50.7 Å². The quantitative estimate of drug-likeness (QED) is 0.0463. The van der Waals surface area contributed by atoms with Crippen LogP contribution < -0.4 is 52.1 Å². The summed E-state index contributed by atoms with van der Waals surface area (Å²) in [5.41, 5.74) is 8.87. The van der Waals surface area contributed by atoms with E-state index < -0.39 is 75.8 Å². The lowest BCUT2D eigenvalue weighted by Gasteiger charge is -2.30. The van der Waals surface area contributed by atoms with E-state index in [1.54, 1.807) is 97.1 Å². The lowest BCUT2D eigenvalue weighted by Crippen LogP contribution is -2.37. The fraction of sp³-hybridized carbons (Fsp3) is 0.321. The van der Waals surface area contributed by atoms with Crippen LogP contribution in [0.1, 0.15) is 170 Å². The maximum atomic E-state index is 14.5. The van der Waals surface area contributed by atoms with Crippen LogP contribution in [0.3, 0.4) is 0 Å². The minimum atomic E-state index is -4.11. The predicted octanol–water partition coefficient (Wildman–Crippen LogP) is 16.7. The summed E-state index contributed by atoms with van der Waals surface area (Å²) < 4.78 is 98.8. The van der Waals surface area contributed by atoms with Gasteiger partial charge in [-0.05, 0) is 188 Å². The predicted molar refractivity (Wildman–Crippen MR) is 401 cm³/mol. The molecule has 24 heteroatoms. The molecule has 6 heterocycles. The van der Waals surface area contributed by atoms with Crippen molar-refractivity contribution in [1.82, 2.24) is 9.71 Å². The molecule has 14 rings (SSSR count). The number of carboxylic acid groups (broad SMARTS) is 3. The molecule has 0 fully saturated rings. The highest BCUT2D eigenvalue weighted by molar-refractivity contribution is 7.90. The van der Waals surface area contributed by atoms with E-state index in [-0.39, 0.29) is 54.0 Å². The lowest BCUT2D eigenvalue weighted by molar-refractivity contribution is -0.173. The number of ether oxygens (including phenoxy) is 10. The minimum Gasteiger partial charge on any atom is -0.497 e. The number of para-hydroxylation sites is 1. The first kappa shape index (κ1) is 76.5. The van der Waals surface area contributed by atoms with Crippen LogP contribution in [0.5, 0.6) is 57.5 Å². The Bertz CT molecular complexity index is 5030. The smallest absolute Gasteiger partial charge is 0.404 e. The van der Waals surface area contributed by atoms with E-state index in [1.165, 1.54) is 19.2 Å². The number of carboxylic acids is 3. The van der Waals surface area contributed by atoms with Gasteiger partial charge in [-0.1, -0.05) is 109 Å². The second-order valence-electron chi connectivity index (χ2n) is 28.0. The van der Waals surface area contributed by atoms with Crippen LogP contribution in [-0.4, -0.2) is 85.4 Å². The van der Waals surface area contributed by atoms with Crippen molar-refractivity contribution < 1.29 is 94.7 Å². The van der Waals surface area contributed by atoms with Crippen LogP contribution in [0.2, 0.25) is 0 Å². The monoisotopic (exact) mass is 1510 g/mol. The number of aliphatic carboxylic acids is 3. The molecule has 0 saturated heterocycles. The van der Waals surface area contributed by atoms with E-state index in [1.807, 2.05) is 107 Å². The van der Waals surface area contributed by atoms with Crippen molar-refractivity contribution in [2.45, 2.75) is 142 Å². The van der Waals surface area contributed by atoms with Gasteiger partial charge < -0.3 is 62.7 Å². The molecule has 4 unspecified atom stereocenters. The number of sulfonamides is 1. The second kappa shape index (κ2) is 32.1. The fourth-order valence-corrected chi connectivity index (χ4v) is 15.8. The molecule has 4 aliphatic heterocycles. The van der Waals surface area contributed by atoms with E-state index >= 15 is 0 Å². The molecule has 1 amide bonds. The second-order valence-corrected chi connectivity index (χ2v) is 31.0. The van der Waals surface area contributed by atoms with Gasteiger partial charge in [-0.15, -0.1) is 11.3 Å². The number of carbonyl (C=O) groups excluding carboxylic acids is 1. The summed E-state index contributed by atoms with van der Waals surface area (Å²) in [6.45, 7) is 19.2. The van der Waals surface area contributed by atoms with Crippen molar-refractivity contribution in [3.05, 3.63) is 241 Å². The summed E-state index contributed by atoms with van der Waals surface area (Å²) in [7, 11) is -2.58. The molecular formula is C84H85FN2O19S2. The number of halogens is 1. The number of nitrogens with zero attached hydrogens (tertiary/aromatic N) is 1. The zero-order valence-corrected chi connectivity index (χ0v) is 63.2. The van der Waals surface area contributed by atoms with Crippen molar-refractivity contribution in [2.75, 3.05) is 20.7 Å². The normalized spacial score (nSPS) is 18.2. The summed E-state index contributed by atoms with van der Waals surface area (Å²) in [5.74, 6) is -1.16. The molecule has 21 nitrogen and oxygen atoms in total. The van der Waals surface area contributed by atoms with Crippen LogP contribution in [-0.2, 0) is 48.5 Å². The van der Waals surface area contributed by atoms with Gasteiger partial charge >= 0.3 is 23.9 Å². The Labute approximate surface area is 630 Å². The van der Waals surface area contributed by atoms with Crippen molar-refractivity contribution in [1.29, 1.82) is 0 Å². The van der Waals surface area contributed by atoms with Gasteiger partial charge in [-0.2, -0.15) is 4.39 Å². The summed E-state index contributed by atoms with van der Waals surface area (Å²) >= 11 is 1.55. The number of benzene rings is 7. The topological polar surface area (TPSA) is 280 Å². The standard InChI is InChI=1S/C32H34FNO7.C27H29NO6S.C25H22O6S/c1-16(2)12-20-7-9-23-26(18-6-11-24-25(15-18)41-32(4,33)40-24)28(31(37)38)27(29(23)34-20)22-10-8-21(39-5)14-19(22)13-17(3)30(35)36;1-4-7-20-8-5-6-9-23(20)34-26(21-12-15-24-25(16-21)33-17-32-24)27(29)28-35(30,31)22-13-10-19(11-14-22)18(2)3;1-13(2)30-16-6-8-18-17(11-16)22(21-9-4-14(3)32-21)23(25(26)27)24(31-18)15-5-7-19-20(10-15)29-12-28-19/h6-11,14-17,26-28H,12-13H2,1-5H3,(H,35,36)(H,37,38);5-6,8-16,18,26H,4,7,17H2,1-3H3,(H,28,29);4-11,13,24H,12H2,1-3H3,(H,26,27)/t17?,26-,27-,28+,32?;;/m0../s1. The van der Waals surface area contributed by atoms with Crippen LogP contribution in [0.25, 0.3) is 5.57 Å². The Morgan fingerprint density at radius 2 is 1.30 bits per heavy atom. The number of nitrogens with one attached hydrogen (secondary N) is 1. The molecule has 7 atom stereocenters. The number of hydrogen-bond donors (Lipinski definition) is 4. The molecule has 9 aromatic rings. The molecule has 108 heavy (non-hydrogen) atoms. The number of fused-ring (bicyclic) bond motifs is 5. The molecule has 0 saturated carbocycles. The van der Waals surface area contributed by atoms with Crippen LogP contribution in [0, 0.1) is 24.7 Å². The molecule has 0 radical (unpaired) electrons. The highest BCUT2D eigenvalue weighted by Gasteiger charge is 2.50. The molecule has 564 valence electrons. The first-order valence-electron chi connectivity index (χ1n) is 35.6. The van der Waals surface area contributed by atoms with E-state index in [2.05, 4.69) is 25.5 Å². The first-order valence-corrected chi connectivity index (χ1v) is 37.9. The molecular weight excluding hydrogens is 1420 g/mol. The van der Waals surface area contributed by atoms with Crippen molar-refractivity contribution in [3.8, 4) is 57.5 Å².